The van der Waals surface area contributed by atoms with Gasteiger partial charge in [0, 0.05) is 0 Å². The molecule has 4 nitrogen and oxygen atoms in total. The van der Waals surface area contributed by atoms with Gasteiger partial charge in [0.1, 0.15) is 0 Å². The normalized spacial score (nSPS) is 18.3. The molecular formula is C12H28B2FeO4. The smallest absolute Gasteiger partial charge is 0.427 e. The van der Waals surface area contributed by atoms with Gasteiger partial charge in [-0.15, -0.1) is 0 Å². The Kier molecular flexibility index (Phi) is 17.4. The van der Waals surface area contributed by atoms with Crippen molar-refractivity contribution in [2.75, 3.05) is 0 Å². The van der Waals surface area contributed by atoms with E-state index in [4.69, 9.17) is 20.1 Å². The largest absolute Gasteiger partial charge is 2.00 e. The minimum absolute atomic E-state index is 0. The average Bonchev–Trinajstić information content (AvgIpc) is 2.93. The van der Waals surface area contributed by atoms with Crippen LogP contribution in [0.25, 0.3) is 0 Å². The minimum atomic E-state index is -1.06. The summed E-state index contributed by atoms with van der Waals surface area (Å²) in [5.74, 6) is 0.352. The van der Waals surface area contributed by atoms with Crippen LogP contribution in [-0.4, -0.2) is 34.3 Å². The zero-order valence-electron chi connectivity index (χ0n) is 12.1. The van der Waals surface area contributed by atoms with Crippen molar-refractivity contribution in [2.45, 2.75) is 63.0 Å². The number of hydrogen-bond acceptors (Lipinski definition) is 4. The predicted molar refractivity (Wildman–Crippen MR) is 77.6 cm³/mol. The van der Waals surface area contributed by atoms with Crippen molar-refractivity contribution >= 4 is 14.2 Å². The second-order valence-corrected chi connectivity index (χ2v) is 4.92. The van der Waals surface area contributed by atoms with Gasteiger partial charge in [0.05, 0.1) is 0 Å². The van der Waals surface area contributed by atoms with Crippen LogP contribution in [0.3, 0.4) is 0 Å². The zero-order chi connectivity index (χ0) is 12.0. The van der Waals surface area contributed by atoms with E-state index in [1.54, 1.807) is 0 Å². The van der Waals surface area contributed by atoms with Crippen molar-refractivity contribution in [3.8, 4) is 0 Å². The number of rotatable bonds is 2. The van der Waals surface area contributed by atoms with Crippen LogP contribution in [-0.2, 0) is 17.1 Å². The molecule has 19 heavy (non-hydrogen) atoms. The molecule has 0 radical (unpaired) electrons. The van der Waals surface area contributed by atoms with Gasteiger partial charge in [-0.3, -0.25) is 0 Å². The molecule has 2 fully saturated rings. The summed E-state index contributed by atoms with van der Waals surface area (Å²) in [5.41, 5.74) is 0. The first-order chi connectivity index (χ1) is 7.61. The molecule has 7 heteroatoms. The van der Waals surface area contributed by atoms with Crippen LogP contribution in [0.5, 0.6) is 0 Å². The molecule has 0 aromatic carbocycles. The van der Waals surface area contributed by atoms with Gasteiger partial charge in [-0.1, -0.05) is 51.4 Å². The third-order valence-corrected chi connectivity index (χ3v) is 3.64. The molecule has 0 saturated heterocycles. The summed E-state index contributed by atoms with van der Waals surface area (Å²) in [7, 11) is -2.12. The second-order valence-electron chi connectivity index (χ2n) is 4.92. The van der Waals surface area contributed by atoms with Gasteiger partial charge in [-0.05, 0) is 11.6 Å². The van der Waals surface area contributed by atoms with Crippen molar-refractivity contribution in [3.05, 3.63) is 14.9 Å². The zero-order valence-corrected chi connectivity index (χ0v) is 13.2. The molecule has 0 amide bonds. The van der Waals surface area contributed by atoms with Crippen molar-refractivity contribution < 1.29 is 37.2 Å². The maximum absolute atomic E-state index is 8.61. The van der Waals surface area contributed by atoms with Crippen LogP contribution >= 0.6 is 0 Å². The molecule has 2 aliphatic rings. The van der Waals surface area contributed by atoms with Gasteiger partial charge in [-0.2, -0.15) is 0 Å². The Labute approximate surface area is 129 Å². The fourth-order valence-corrected chi connectivity index (χ4v) is 2.51. The topological polar surface area (TPSA) is 80.9 Å². The summed E-state index contributed by atoms with van der Waals surface area (Å²) in [5, 5.41) is 34.4. The predicted octanol–water partition coefficient (Wildman–Crippen LogP) is 1.70. The third-order valence-electron chi connectivity index (χ3n) is 3.64. The minimum Gasteiger partial charge on any atom is -0.427 e. The van der Waals surface area contributed by atoms with Gasteiger partial charge >= 0.3 is 31.3 Å². The van der Waals surface area contributed by atoms with Crippen LogP contribution < -0.4 is 0 Å². The van der Waals surface area contributed by atoms with Gasteiger partial charge in [0.25, 0.3) is 0 Å². The summed E-state index contributed by atoms with van der Waals surface area (Å²) < 4.78 is 0. The molecule has 2 saturated carbocycles. The molecule has 0 bridgehead atoms. The van der Waals surface area contributed by atoms with Crippen molar-refractivity contribution in [3.63, 3.8) is 0 Å². The van der Waals surface area contributed by atoms with E-state index >= 15 is 0 Å². The molecule has 0 unspecified atom stereocenters. The average molecular weight is 314 g/mol. The Hall–Kier alpha value is 0.489. The summed E-state index contributed by atoms with van der Waals surface area (Å²) in [6.07, 6.45) is 8.67. The molecule has 4 N–H and O–H groups in total. The molecule has 2 rings (SSSR count). The molecular weight excluding hydrogens is 286 g/mol. The summed E-state index contributed by atoms with van der Waals surface area (Å²) in [4.78, 5) is 0. The Morgan fingerprint density at radius 2 is 0.789 bits per heavy atom. The Bertz CT molecular complexity index is 165. The van der Waals surface area contributed by atoms with Gasteiger partial charge in [0.2, 0.25) is 0 Å². The first-order valence-electron chi connectivity index (χ1n) is 6.33. The van der Waals surface area contributed by atoms with E-state index in [0.29, 0.717) is 0 Å². The fourth-order valence-electron chi connectivity index (χ4n) is 2.51. The van der Waals surface area contributed by atoms with Crippen LogP contribution in [0.15, 0.2) is 0 Å². The SMILES string of the molecule is OB(O)C1CCCC1.OB(O)C1CCCC1.[CH3-].[CH3-].[Fe+2]. The molecule has 0 heterocycles. The Morgan fingerprint density at radius 1 is 0.579 bits per heavy atom. The van der Waals surface area contributed by atoms with E-state index in [0.717, 1.165) is 25.7 Å². The quantitative estimate of drug-likeness (QED) is 0.462. The molecule has 0 spiro atoms. The molecule has 0 aromatic rings. The fraction of sp³-hybridized carbons (Fsp3) is 0.833. The summed E-state index contributed by atoms with van der Waals surface area (Å²) in [6.45, 7) is 0. The summed E-state index contributed by atoms with van der Waals surface area (Å²) in [6, 6.07) is 0. The Balaban J connectivity index is -0.000000233. The molecule has 0 aliphatic heterocycles. The van der Waals surface area contributed by atoms with E-state index < -0.39 is 14.2 Å². The molecule has 0 aromatic heterocycles. The van der Waals surface area contributed by atoms with E-state index in [1.807, 2.05) is 0 Å². The van der Waals surface area contributed by atoms with E-state index in [2.05, 4.69) is 0 Å². The van der Waals surface area contributed by atoms with Crippen molar-refractivity contribution in [2.24, 2.45) is 0 Å². The van der Waals surface area contributed by atoms with Crippen LogP contribution in [0, 0.1) is 14.9 Å². The van der Waals surface area contributed by atoms with E-state index in [1.165, 1.54) is 25.7 Å². The van der Waals surface area contributed by atoms with Gasteiger partial charge in [-0.25, -0.2) is 0 Å². The van der Waals surface area contributed by atoms with Crippen LogP contribution in [0.2, 0.25) is 11.6 Å². The van der Waals surface area contributed by atoms with E-state index in [-0.39, 0.29) is 43.6 Å². The van der Waals surface area contributed by atoms with Crippen LogP contribution in [0.4, 0.5) is 0 Å². The van der Waals surface area contributed by atoms with Crippen LogP contribution in [0.1, 0.15) is 51.4 Å². The van der Waals surface area contributed by atoms with Crippen molar-refractivity contribution in [1.29, 1.82) is 0 Å². The standard InChI is InChI=1S/2C5H11BO2.2CH3.Fe/c2*7-6(8)5-3-1-2-4-5;;;/h2*5,7-8H,1-4H2;2*1H3;/q;;2*-1;+2. The van der Waals surface area contributed by atoms with E-state index in [9.17, 15) is 0 Å². The maximum Gasteiger partial charge on any atom is 2.00 e. The second kappa shape index (κ2) is 13.5. The first kappa shape index (κ1) is 24.5. The van der Waals surface area contributed by atoms with Gasteiger partial charge in [0.15, 0.2) is 0 Å². The molecule has 0 atom stereocenters. The van der Waals surface area contributed by atoms with Crippen molar-refractivity contribution in [1.82, 2.24) is 0 Å². The maximum atomic E-state index is 8.61. The first-order valence-corrected chi connectivity index (χ1v) is 6.33. The van der Waals surface area contributed by atoms with Gasteiger partial charge < -0.3 is 34.9 Å². The third kappa shape index (κ3) is 9.94. The number of hydrogen-bond donors (Lipinski definition) is 4. The molecule has 114 valence electrons. The molecule has 2 aliphatic carbocycles. The monoisotopic (exact) mass is 314 g/mol. The summed E-state index contributed by atoms with van der Waals surface area (Å²) >= 11 is 0. The Morgan fingerprint density at radius 3 is 0.895 bits per heavy atom.